The second kappa shape index (κ2) is 13.2. The number of rotatable bonds is 4. The second-order valence-corrected chi connectivity index (χ2v) is 2.82. The predicted molar refractivity (Wildman–Crippen MR) is 88.7 cm³/mol. The van der Waals surface area contributed by atoms with Gasteiger partial charge in [0.1, 0.15) is 0 Å². The lowest BCUT2D eigenvalue weighted by Gasteiger charge is -2.25. The molecular weight excluding hydrogens is 491 g/mol. The Morgan fingerprint density at radius 3 is 1.33 bits per heavy atom. The highest BCUT2D eigenvalue weighted by Gasteiger charge is 2.17. The summed E-state index contributed by atoms with van der Waals surface area (Å²) in [4.78, 5) is 0. The van der Waals surface area contributed by atoms with Crippen LogP contribution in [0, 0.1) is 0 Å². The minimum Gasteiger partial charge on any atom is -0.325 e. The van der Waals surface area contributed by atoms with Crippen LogP contribution in [0.15, 0.2) is 0 Å². The zero-order valence-electron chi connectivity index (χ0n) is 8.13. The maximum Gasteiger partial charge on any atom is 0.0149 e. The van der Waals surface area contributed by atoms with E-state index >= 15 is 0 Å². The minimum absolute atomic E-state index is 0. The molecule has 80 valence electrons. The molecular formula is C8H22I3N. The van der Waals surface area contributed by atoms with Gasteiger partial charge in [-0.05, 0) is 19.3 Å². The van der Waals surface area contributed by atoms with Crippen LogP contribution in [0.1, 0.15) is 46.5 Å². The van der Waals surface area contributed by atoms with Crippen molar-refractivity contribution in [1.29, 1.82) is 0 Å². The van der Waals surface area contributed by atoms with E-state index in [1.807, 2.05) is 0 Å². The van der Waals surface area contributed by atoms with Crippen LogP contribution in [0.3, 0.4) is 0 Å². The molecule has 0 bridgehead atoms. The van der Waals surface area contributed by atoms with E-state index in [0.29, 0.717) is 0 Å². The average molecular weight is 513 g/mol. The number of halogens is 3. The van der Waals surface area contributed by atoms with E-state index in [-0.39, 0.29) is 77.5 Å². The van der Waals surface area contributed by atoms with Crippen LogP contribution in [0.4, 0.5) is 0 Å². The molecule has 0 heterocycles. The van der Waals surface area contributed by atoms with E-state index in [0.717, 1.165) is 12.8 Å². The van der Waals surface area contributed by atoms with E-state index in [1.54, 1.807) is 0 Å². The Hall–Kier alpha value is 2.15. The van der Waals surface area contributed by atoms with E-state index in [2.05, 4.69) is 20.8 Å². The van der Waals surface area contributed by atoms with Gasteiger partial charge >= 0.3 is 0 Å². The fraction of sp³-hybridized carbons (Fsp3) is 1.00. The summed E-state index contributed by atoms with van der Waals surface area (Å²) >= 11 is 0. The molecule has 0 unspecified atom stereocenters. The molecule has 0 aromatic carbocycles. The monoisotopic (exact) mass is 513 g/mol. The molecule has 4 heteroatoms. The molecule has 0 aliphatic carbocycles. The zero-order valence-corrected chi connectivity index (χ0v) is 15.1. The van der Waals surface area contributed by atoms with Gasteiger partial charge in [-0.15, -0.1) is 71.9 Å². The van der Waals surface area contributed by atoms with E-state index < -0.39 is 0 Å². The van der Waals surface area contributed by atoms with E-state index in [9.17, 15) is 0 Å². The van der Waals surface area contributed by atoms with Crippen molar-refractivity contribution in [2.24, 2.45) is 5.73 Å². The normalized spacial score (nSPS) is 9.00. The van der Waals surface area contributed by atoms with Crippen molar-refractivity contribution in [2.45, 2.75) is 52.0 Å². The van der Waals surface area contributed by atoms with E-state index in [1.165, 1.54) is 12.8 Å². The third kappa shape index (κ3) is 10.2. The predicted octanol–water partition coefficient (Wildman–Crippen LogP) is 4.16. The molecule has 12 heavy (non-hydrogen) atoms. The molecule has 0 aliphatic rings. The van der Waals surface area contributed by atoms with Gasteiger partial charge in [0.25, 0.3) is 0 Å². The van der Waals surface area contributed by atoms with E-state index in [4.69, 9.17) is 5.73 Å². The van der Waals surface area contributed by atoms with Crippen molar-refractivity contribution in [2.75, 3.05) is 0 Å². The first-order valence-corrected chi connectivity index (χ1v) is 3.97. The lowest BCUT2D eigenvalue weighted by Crippen LogP contribution is -2.37. The molecule has 1 nitrogen and oxygen atoms in total. The van der Waals surface area contributed by atoms with Crippen molar-refractivity contribution in [3.63, 3.8) is 0 Å². The van der Waals surface area contributed by atoms with Crippen LogP contribution < -0.4 is 5.73 Å². The molecule has 0 spiro atoms. The van der Waals surface area contributed by atoms with Crippen LogP contribution in [-0.2, 0) is 0 Å². The summed E-state index contributed by atoms with van der Waals surface area (Å²) in [5, 5.41) is 0. The van der Waals surface area contributed by atoms with Crippen molar-refractivity contribution >= 4 is 71.9 Å². The van der Waals surface area contributed by atoms with Gasteiger partial charge in [-0.2, -0.15) is 0 Å². The maximum atomic E-state index is 6.01. The van der Waals surface area contributed by atoms with Gasteiger partial charge < -0.3 is 5.73 Å². The Bertz CT molecular complexity index is 74.7. The summed E-state index contributed by atoms with van der Waals surface area (Å²) in [6, 6.07) is 0. The molecule has 0 fully saturated rings. The molecule has 0 radical (unpaired) electrons. The molecule has 0 rings (SSSR count). The largest absolute Gasteiger partial charge is 0.325 e. The summed E-state index contributed by atoms with van der Waals surface area (Å²) in [5.41, 5.74) is 6.14. The first kappa shape index (κ1) is 23.8. The summed E-state index contributed by atoms with van der Waals surface area (Å²) in [5.74, 6) is 0. The third-order valence-electron chi connectivity index (χ3n) is 2.16. The first-order valence-electron chi connectivity index (χ1n) is 3.97. The van der Waals surface area contributed by atoms with Crippen LogP contribution >= 0.6 is 71.9 Å². The standard InChI is InChI=1S/C8H19N.3HI/c1-4-7-8(9,5-2)6-3;;;/h4-7,9H2,1-3H3;3*1H. The third-order valence-corrected chi connectivity index (χ3v) is 2.16. The van der Waals surface area contributed by atoms with Gasteiger partial charge in [0.05, 0.1) is 0 Å². The Balaban J connectivity index is -0.000000107. The maximum absolute atomic E-state index is 6.01. The Morgan fingerprint density at radius 2 is 1.25 bits per heavy atom. The topological polar surface area (TPSA) is 26.0 Å². The first-order chi connectivity index (χ1) is 4.18. The number of hydrogen-bond acceptors (Lipinski definition) is 1. The minimum atomic E-state index is 0. The lowest BCUT2D eigenvalue weighted by molar-refractivity contribution is 0.363. The molecule has 0 aromatic rings. The summed E-state index contributed by atoms with van der Waals surface area (Å²) < 4.78 is 0. The van der Waals surface area contributed by atoms with Gasteiger partial charge in [0.2, 0.25) is 0 Å². The molecule has 0 amide bonds. The highest BCUT2D eigenvalue weighted by atomic mass is 127. The molecule has 0 atom stereocenters. The van der Waals surface area contributed by atoms with Crippen molar-refractivity contribution in [3.05, 3.63) is 0 Å². The lowest BCUT2D eigenvalue weighted by atomic mass is 9.89. The highest BCUT2D eigenvalue weighted by Crippen LogP contribution is 2.16. The van der Waals surface area contributed by atoms with Gasteiger partial charge in [0, 0.05) is 5.54 Å². The van der Waals surface area contributed by atoms with Crippen LogP contribution in [0.25, 0.3) is 0 Å². The Kier molecular flexibility index (Phi) is 26.0. The van der Waals surface area contributed by atoms with Crippen LogP contribution in [0.5, 0.6) is 0 Å². The summed E-state index contributed by atoms with van der Waals surface area (Å²) in [6.45, 7) is 6.52. The fourth-order valence-corrected chi connectivity index (χ4v) is 1.10. The Labute approximate surface area is 128 Å². The molecule has 0 aliphatic heterocycles. The quantitative estimate of drug-likeness (QED) is 0.563. The fourth-order valence-electron chi connectivity index (χ4n) is 1.10. The van der Waals surface area contributed by atoms with Gasteiger partial charge in [-0.3, -0.25) is 0 Å². The van der Waals surface area contributed by atoms with Gasteiger partial charge in [-0.25, -0.2) is 0 Å². The summed E-state index contributed by atoms with van der Waals surface area (Å²) in [6.07, 6.45) is 4.59. The van der Waals surface area contributed by atoms with Crippen molar-refractivity contribution in [3.8, 4) is 0 Å². The van der Waals surface area contributed by atoms with Crippen LogP contribution in [0.2, 0.25) is 0 Å². The molecule has 0 saturated carbocycles. The average Bonchev–Trinajstić information content (AvgIpc) is 1.89. The SMILES string of the molecule is CCCC(N)(CC)CC.I.I.I. The smallest absolute Gasteiger partial charge is 0.0149 e. The van der Waals surface area contributed by atoms with Crippen molar-refractivity contribution in [1.82, 2.24) is 0 Å². The van der Waals surface area contributed by atoms with Crippen LogP contribution in [-0.4, -0.2) is 5.54 Å². The molecule has 2 N–H and O–H groups in total. The van der Waals surface area contributed by atoms with Gasteiger partial charge in [0.15, 0.2) is 0 Å². The molecule has 0 saturated heterocycles. The highest BCUT2D eigenvalue weighted by molar-refractivity contribution is 14.0. The summed E-state index contributed by atoms with van der Waals surface area (Å²) in [7, 11) is 0. The second-order valence-electron chi connectivity index (χ2n) is 2.82. The van der Waals surface area contributed by atoms with Gasteiger partial charge in [-0.1, -0.05) is 27.2 Å². The molecule has 0 aromatic heterocycles. The van der Waals surface area contributed by atoms with Crippen molar-refractivity contribution < 1.29 is 0 Å². The zero-order chi connectivity index (χ0) is 7.33. The number of hydrogen-bond donors (Lipinski definition) is 1. The Morgan fingerprint density at radius 1 is 0.917 bits per heavy atom. The number of nitrogens with two attached hydrogens (primary N) is 1.